The highest BCUT2D eigenvalue weighted by Crippen LogP contribution is 2.28. The van der Waals surface area contributed by atoms with Gasteiger partial charge < -0.3 is 5.11 Å². The average Bonchev–Trinajstić information content (AvgIpc) is 3.17. The van der Waals surface area contributed by atoms with Gasteiger partial charge in [-0.15, -0.1) is 10.2 Å². The number of carboxylic acids is 1. The lowest BCUT2D eigenvalue weighted by Gasteiger charge is -2.14. The number of nitrogens with zero attached hydrogens (tertiary/aromatic N) is 4. The van der Waals surface area contributed by atoms with E-state index in [9.17, 15) is 4.79 Å². The van der Waals surface area contributed by atoms with Crippen molar-refractivity contribution in [2.45, 2.75) is 51.0 Å². The van der Waals surface area contributed by atoms with Crippen LogP contribution >= 0.6 is 0 Å². The van der Waals surface area contributed by atoms with Crippen molar-refractivity contribution >= 4 is 5.97 Å². The van der Waals surface area contributed by atoms with Crippen LogP contribution in [0, 0.1) is 0 Å². The van der Waals surface area contributed by atoms with Crippen molar-refractivity contribution in [2.75, 3.05) is 0 Å². The number of aryl methyl sites for hydroxylation is 1. The summed E-state index contributed by atoms with van der Waals surface area (Å²) in [6.07, 6.45) is 4.99. The van der Waals surface area contributed by atoms with E-state index in [1.165, 1.54) is 0 Å². The first-order valence-electron chi connectivity index (χ1n) is 9.83. The Labute approximate surface area is 165 Å². The second-order valence-corrected chi connectivity index (χ2v) is 6.91. The van der Waals surface area contributed by atoms with Gasteiger partial charge in [0.05, 0.1) is 12.5 Å². The molecule has 0 aliphatic carbocycles. The van der Waals surface area contributed by atoms with Gasteiger partial charge in [-0.1, -0.05) is 79.9 Å². The summed E-state index contributed by atoms with van der Waals surface area (Å²) in [5.74, 6) is -0.0447. The quantitative estimate of drug-likeness (QED) is 0.504. The normalized spacial score (nSPS) is 11.0. The van der Waals surface area contributed by atoms with Gasteiger partial charge in [0, 0.05) is 6.42 Å². The van der Waals surface area contributed by atoms with E-state index in [2.05, 4.69) is 39.7 Å². The third-order valence-electron chi connectivity index (χ3n) is 4.74. The molecule has 146 valence electrons. The van der Waals surface area contributed by atoms with E-state index in [4.69, 9.17) is 5.11 Å². The molecule has 0 radical (unpaired) electrons. The molecule has 0 aliphatic rings. The van der Waals surface area contributed by atoms with Gasteiger partial charge >= 0.3 is 5.97 Å². The number of carbonyl (C=O) groups is 1. The Bertz CT molecular complexity index is 810. The maximum absolute atomic E-state index is 10.5. The number of carboxylic acid groups (broad SMARTS) is 1. The fourth-order valence-electron chi connectivity index (χ4n) is 3.31. The highest BCUT2D eigenvalue weighted by Gasteiger charge is 2.21. The van der Waals surface area contributed by atoms with Crippen LogP contribution in [0.4, 0.5) is 0 Å². The summed E-state index contributed by atoms with van der Waals surface area (Å²) in [7, 11) is 0. The number of tetrazole rings is 1. The second kappa shape index (κ2) is 10.3. The van der Waals surface area contributed by atoms with Crippen LogP contribution in [0.2, 0.25) is 0 Å². The maximum Gasteiger partial charge on any atom is 0.303 e. The van der Waals surface area contributed by atoms with E-state index in [1.807, 2.05) is 36.4 Å². The number of hydrogen-bond donors (Lipinski definition) is 1. The van der Waals surface area contributed by atoms with E-state index in [1.54, 1.807) is 4.80 Å². The SMILES string of the molecule is O=C(O)CCCCCCCn1nnc(C(c2ccccc2)c2ccccc2)n1. The lowest BCUT2D eigenvalue weighted by atomic mass is 9.91. The number of aliphatic carboxylic acids is 1. The number of hydrogen-bond acceptors (Lipinski definition) is 4. The molecule has 0 amide bonds. The predicted octanol–water partition coefficient (Wildman–Crippen LogP) is 4.28. The molecule has 1 heterocycles. The van der Waals surface area contributed by atoms with Gasteiger partial charge in [0.2, 0.25) is 0 Å². The molecule has 0 aliphatic heterocycles. The number of rotatable bonds is 11. The Morgan fingerprint density at radius 3 is 2.04 bits per heavy atom. The molecule has 3 rings (SSSR count). The Balaban J connectivity index is 1.59. The van der Waals surface area contributed by atoms with Crippen molar-refractivity contribution in [1.29, 1.82) is 0 Å². The molecule has 0 saturated heterocycles. The van der Waals surface area contributed by atoms with Gasteiger partial charge in [-0.2, -0.15) is 4.80 Å². The molecule has 1 N–H and O–H groups in total. The first-order valence-corrected chi connectivity index (χ1v) is 9.83. The maximum atomic E-state index is 10.5. The van der Waals surface area contributed by atoms with Gasteiger partial charge in [-0.05, 0) is 29.2 Å². The summed E-state index contributed by atoms with van der Waals surface area (Å²) in [5, 5.41) is 21.9. The van der Waals surface area contributed by atoms with Crippen molar-refractivity contribution in [3.63, 3.8) is 0 Å². The van der Waals surface area contributed by atoms with Crippen LogP contribution in [0.25, 0.3) is 0 Å². The Hall–Kier alpha value is -3.02. The molecule has 0 unspecified atom stereocenters. The van der Waals surface area contributed by atoms with Crippen molar-refractivity contribution < 1.29 is 9.90 Å². The van der Waals surface area contributed by atoms with Crippen LogP contribution in [0.3, 0.4) is 0 Å². The van der Waals surface area contributed by atoms with Crippen LogP contribution in [-0.2, 0) is 11.3 Å². The molecule has 0 saturated carbocycles. The zero-order chi connectivity index (χ0) is 19.6. The van der Waals surface area contributed by atoms with Crippen LogP contribution in [0.1, 0.15) is 61.4 Å². The van der Waals surface area contributed by atoms with Crippen LogP contribution in [-0.4, -0.2) is 31.3 Å². The highest BCUT2D eigenvalue weighted by atomic mass is 16.4. The minimum Gasteiger partial charge on any atom is -0.481 e. The van der Waals surface area contributed by atoms with Crippen LogP contribution in [0.15, 0.2) is 60.7 Å². The topological polar surface area (TPSA) is 80.9 Å². The van der Waals surface area contributed by atoms with Gasteiger partial charge in [0.1, 0.15) is 0 Å². The third-order valence-corrected chi connectivity index (χ3v) is 4.74. The monoisotopic (exact) mass is 378 g/mol. The van der Waals surface area contributed by atoms with Gasteiger partial charge in [-0.3, -0.25) is 4.79 Å². The number of unbranched alkanes of at least 4 members (excludes halogenated alkanes) is 4. The largest absolute Gasteiger partial charge is 0.481 e. The fraction of sp³-hybridized carbons (Fsp3) is 0.364. The first kappa shape index (κ1) is 19.7. The Morgan fingerprint density at radius 1 is 0.857 bits per heavy atom. The highest BCUT2D eigenvalue weighted by molar-refractivity contribution is 5.66. The lowest BCUT2D eigenvalue weighted by Crippen LogP contribution is -2.07. The molecule has 3 aromatic rings. The fourth-order valence-corrected chi connectivity index (χ4v) is 3.31. The molecule has 2 aromatic carbocycles. The molecule has 28 heavy (non-hydrogen) atoms. The van der Waals surface area contributed by atoms with E-state index in [0.29, 0.717) is 5.82 Å². The number of aromatic nitrogens is 4. The summed E-state index contributed by atoms with van der Waals surface area (Å²) in [6.45, 7) is 0.724. The minimum absolute atomic E-state index is 0.0350. The molecular weight excluding hydrogens is 352 g/mol. The van der Waals surface area contributed by atoms with Crippen molar-refractivity contribution in [2.24, 2.45) is 0 Å². The predicted molar refractivity (Wildman–Crippen MR) is 107 cm³/mol. The summed E-state index contributed by atoms with van der Waals surface area (Å²) >= 11 is 0. The standard InChI is InChI=1S/C22H26N4O2/c27-20(28)16-10-2-1-3-11-17-26-24-22(23-25-26)21(18-12-6-4-7-13-18)19-14-8-5-9-15-19/h4-9,12-15,21H,1-3,10-11,16-17H2,(H,27,28). The van der Waals surface area contributed by atoms with E-state index < -0.39 is 5.97 Å². The molecule has 1 aromatic heterocycles. The van der Waals surface area contributed by atoms with Crippen LogP contribution < -0.4 is 0 Å². The summed E-state index contributed by atoms with van der Waals surface area (Å²) in [5.41, 5.74) is 2.29. The third kappa shape index (κ3) is 5.74. The Morgan fingerprint density at radius 2 is 1.43 bits per heavy atom. The molecule has 6 heteroatoms. The first-order chi connectivity index (χ1) is 13.7. The van der Waals surface area contributed by atoms with Gasteiger partial charge in [-0.25, -0.2) is 0 Å². The van der Waals surface area contributed by atoms with Crippen molar-refractivity contribution in [3.8, 4) is 0 Å². The summed E-state index contributed by atoms with van der Waals surface area (Å²) in [4.78, 5) is 12.2. The molecule has 0 bridgehead atoms. The molecular formula is C22H26N4O2. The van der Waals surface area contributed by atoms with Gasteiger partial charge in [0.15, 0.2) is 5.82 Å². The Kier molecular flexibility index (Phi) is 7.29. The molecule has 0 fully saturated rings. The van der Waals surface area contributed by atoms with Crippen molar-refractivity contribution in [1.82, 2.24) is 20.2 Å². The molecule has 0 atom stereocenters. The lowest BCUT2D eigenvalue weighted by molar-refractivity contribution is -0.137. The summed E-state index contributed by atoms with van der Waals surface area (Å²) < 4.78 is 0. The van der Waals surface area contributed by atoms with Crippen molar-refractivity contribution in [3.05, 3.63) is 77.6 Å². The van der Waals surface area contributed by atoms with E-state index in [0.717, 1.165) is 49.8 Å². The van der Waals surface area contributed by atoms with E-state index >= 15 is 0 Å². The van der Waals surface area contributed by atoms with E-state index in [-0.39, 0.29) is 12.3 Å². The number of benzene rings is 2. The van der Waals surface area contributed by atoms with Crippen LogP contribution in [0.5, 0.6) is 0 Å². The molecule has 0 spiro atoms. The summed E-state index contributed by atoms with van der Waals surface area (Å²) in [6, 6.07) is 20.5. The smallest absolute Gasteiger partial charge is 0.303 e. The minimum atomic E-state index is -0.717. The molecule has 6 nitrogen and oxygen atoms in total. The zero-order valence-electron chi connectivity index (χ0n) is 15.9. The average molecular weight is 378 g/mol. The van der Waals surface area contributed by atoms with Gasteiger partial charge in [0.25, 0.3) is 0 Å². The second-order valence-electron chi connectivity index (χ2n) is 6.91. The zero-order valence-corrected chi connectivity index (χ0v) is 15.9.